The first-order valence-electron chi connectivity index (χ1n) is 4.54. The topological polar surface area (TPSA) is 20.2 Å². The molecular weight excluding hydrogens is 168 g/mol. The molecule has 1 atom stereocenters. The summed E-state index contributed by atoms with van der Waals surface area (Å²) in [4.78, 5) is 0. The van der Waals surface area contributed by atoms with Crippen LogP contribution in [0.15, 0.2) is 16.8 Å². The standard InChI is InChI=1S/C10H16OS/c1-2-3-4-5-10(11)9-6-7-12-8-9/h6-8,10-11H,2-5H2,1H3. The number of rotatable bonds is 5. The second-order valence-electron chi connectivity index (χ2n) is 3.07. The lowest BCUT2D eigenvalue weighted by Crippen LogP contribution is -1.94. The summed E-state index contributed by atoms with van der Waals surface area (Å²) in [6.07, 6.45) is 4.25. The zero-order valence-electron chi connectivity index (χ0n) is 7.49. The molecule has 1 nitrogen and oxygen atoms in total. The van der Waals surface area contributed by atoms with Gasteiger partial charge in [-0.15, -0.1) is 0 Å². The van der Waals surface area contributed by atoms with Crippen LogP contribution in [0.5, 0.6) is 0 Å². The minimum absolute atomic E-state index is 0.234. The average molecular weight is 184 g/mol. The Morgan fingerprint density at radius 3 is 2.92 bits per heavy atom. The fraction of sp³-hybridized carbons (Fsp3) is 0.600. The molecule has 1 unspecified atom stereocenters. The van der Waals surface area contributed by atoms with Crippen LogP contribution >= 0.6 is 11.3 Å². The highest BCUT2D eigenvalue weighted by Crippen LogP contribution is 2.21. The van der Waals surface area contributed by atoms with E-state index in [9.17, 15) is 5.11 Å². The van der Waals surface area contributed by atoms with Gasteiger partial charge in [0, 0.05) is 0 Å². The molecule has 12 heavy (non-hydrogen) atoms. The van der Waals surface area contributed by atoms with Gasteiger partial charge >= 0.3 is 0 Å². The van der Waals surface area contributed by atoms with E-state index >= 15 is 0 Å². The lowest BCUT2D eigenvalue weighted by molar-refractivity contribution is 0.164. The maximum Gasteiger partial charge on any atom is 0.0798 e. The zero-order chi connectivity index (χ0) is 8.81. The molecule has 0 aromatic carbocycles. The summed E-state index contributed by atoms with van der Waals surface area (Å²) in [6.45, 7) is 2.18. The molecule has 2 heteroatoms. The molecule has 0 spiro atoms. The molecule has 68 valence electrons. The Hall–Kier alpha value is -0.340. The summed E-state index contributed by atoms with van der Waals surface area (Å²) >= 11 is 1.65. The van der Waals surface area contributed by atoms with E-state index < -0.39 is 0 Å². The van der Waals surface area contributed by atoms with E-state index in [1.54, 1.807) is 11.3 Å². The van der Waals surface area contributed by atoms with Crippen LogP contribution in [-0.4, -0.2) is 5.11 Å². The van der Waals surface area contributed by atoms with Crippen LogP contribution in [0.1, 0.15) is 44.3 Å². The van der Waals surface area contributed by atoms with E-state index in [0.29, 0.717) is 0 Å². The van der Waals surface area contributed by atoms with E-state index in [1.165, 1.54) is 12.8 Å². The molecule has 1 N–H and O–H groups in total. The van der Waals surface area contributed by atoms with E-state index in [-0.39, 0.29) is 6.10 Å². The highest BCUT2D eigenvalue weighted by atomic mass is 32.1. The van der Waals surface area contributed by atoms with Crippen LogP contribution in [0.25, 0.3) is 0 Å². The van der Waals surface area contributed by atoms with E-state index in [1.807, 2.05) is 16.8 Å². The number of aliphatic hydroxyl groups is 1. The van der Waals surface area contributed by atoms with Gasteiger partial charge in [0.15, 0.2) is 0 Å². The van der Waals surface area contributed by atoms with Gasteiger partial charge in [-0.05, 0) is 28.8 Å². The van der Waals surface area contributed by atoms with E-state index in [2.05, 4.69) is 6.92 Å². The van der Waals surface area contributed by atoms with Crippen molar-refractivity contribution in [1.82, 2.24) is 0 Å². The maximum atomic E-state index is 9.64. The van der Waals surface area contributed by atoms with Gasteiger partial charge in [-0.2, -0.15) is 11.3 Å². The van der Waals surface area contributed by atoms with Crippen LogP contribution in [0.2, 0.25) is 0 Å². The quantitative estimate of drug-likeness (QED) is 0.696. The molecule has 0 amide bonds. The van der Waals surface area contributed by atoms with Crippen LogP contribution in [0.3, 0.4) is 0 Å². The predicted octanol–water partition coefficient (Wildman–Crippen LogP) is 3.36. The Labute approximate surface area is 78.1 Å². The van der Waals surface area contributed by atoms with Gasteiger partial charge < -0.3 is 5.11 Å². The Bertz CT molecular complexity index is 194. The fourth-order valence-electron chi connectivity index (χ4n) is 1.22. The van der Waals surface area contributed by atoms with Gasteiger partial charge in [-0.25, -0.2) is 0 Å². The first kappa shape index (κ1) is 9.75. The third-order valence-corrected chi connectivity index (χ3v) is 2.71. The van der Waals surface area contributed by atoms with Gasteiger partial charge in [-0.1, -0.05) is 26.2 Å². The molecule has 0 aliphatic rings. The smallest absolute Gasteiger partial charge is 0.0798 e. The number of hydrogen-bond donors (Lipinski definition) is 1. The first-order chi connectivity index (χ1) is 5.84. The number of hydrogen-bond acceptors (Lipinski definition) is 2. The van der Waals surface area contributed by atoms with Crippen molar-refractivity contribution in [2.75, 3.05) is 0 Å². The molecule has 1 aromatic rings. The molecule has 1 heterocycles. The highest BCUT2D eigenvalue weighted by molar-refractivity contribution is 7.07. The maximum absolute atomic E-state index is 9.64. The van der Waals surface area contributed by atoms with Crippen LogP contribution in [0.4, 0.5) is 0 Å². The van der Waals surface area contributed by atoms with Gasteiger partial charge in [-0.3, -0.25) is 0 Å². The second-order valence-corrected chi connectivity index (χ2v) is 3.85. The first-order valence-corrected chi connectivity index (χ1v) is 5.49. The normalized spacial score (nSPS) is 13.2. The summed E-state index contributed by atoms with van der Waals surface area (Å²) in [5.74, 6) is 0. The minimum atomic E-state index is -0.234. The Kier molecular flexibility index (Phi) is 4.33. The van der Waals surface area contributed by atoms with Crippen LogP contribution in [-0.2, 0) is 0 Å². The van der Waals surface area contributed by atoms with Crippen molar-refractivity contribution in [1.29, 1.82) is 0 Å². The van der Waals surface area contributed by atoms with E-state index in [0.717, 1.165) is 18.4 Å². The van der Waals surface area contributed by atoms with Gasteiger partial charge in [0.25, 0.3) is 0 Å². The molecular formula is C10H16OS. The molecule has 1 rings (SSSR count). The minimum Gasteiger partial charge on any atom is -0.388 e. The van der Waals surface area contributed by atoms with Crippen molar-refractivity contribution in [3.63, 3.8) is 0 Å². The zero-order valence-corrected chi connectivity index (χ0v) is 8.31. The molecule has 0 radical (unpaired) electrons. The monoisotopic (exact) mass is 184 g/mol. The summed E-state index contributed by atoms with van der Waals surface area (Å²) < 4.78 is 0. The third-order valence-electron chi connectivity index (χ3n) is 2.01. The fourth-order valence-corrected chi connectivity index (χ4v) is 1.93. The largest absolute Gasteiger partial charge is 0.388 e. The summed E-state index contributed by atoms with van der Waals surface area (Å²) in [6, 6.07) is 2.00. The Balaban J connectivity index is 2.25. The predicted molar refractivity (Wildman–Crippen MR) is 53.4 cm³/mol. The van der Waals surface area contributed by atoms with Crippen molar-refractivity contribution < 1.29 is 5.11 Å². The van der Waals surface area contributed by atoms with Crippen molar-refractivity contribution in [3.05, 3.63) is 22.4 Å². The summed E-state index contributed by atoms with van der Waals surface area (Å²) in [7, 11) is 0. The number of aliphatic hydroxyl groups excluding tert-OH is 1. The molecule has 1 aromatic heterocycles. The molecule has 0 bridgehead atoms. The molecule has 0 saturated carbocycles. The van der Waals surface area contributed by atoms with Gasteiger partial charge in [0.05, 0.1) is 6.10 Å². The molecule has 0 saturated heterocycles. The lowest BCUT2D eigenvalue weighted by Gasteiger charge is -2.07. The number of thiophene rings is 1. The Morgan fingerprint density at radius 2 is 2.33 bits per heavy atom. The van der Waals surface area contributed by atoms with Gasteiger partial charge in [0.1, 0.15) is 0 Å². The van der Waals surface area contributed by atoms with E-state index in [4.69, 9.17) is 0 Å². The van der Waals surface area contributed by atoms with Crippen molar-refractivity contribution in [2.24, 2.45) is 0 Å². The van der Waals surface area contributed by atoms with Crippen molar-refractivity contribution in [2.45, 2.75) is 38.7 Å². The van der Waals surface area contributed by atoms with Crippen molar-refractivity contribution in [3.8, 4) is 0 Å². The second kappa shape index (κ2) is 5.33. The summed E-state index contributed by atoms with van der Waals surface area (Å²) in [5.41, 5.74) is 1.08. The Morgan fingerprint density at radius 1 is 1.50 bits per heavy atom. The molecule has 0 aliphatic carbocycles. The van der Waals surface area contributed by atoms with Crippen molar-refractivity contribution >= 4 is 11.3 Å². The molecule has 0 aliphatic heterocycles. The third kappa shape index (κ3) is 2.95. The summed E-state index contributed by atoms with van der Waals surface area (Å²) in [5, 5.41) is 13.7. The SMILES string of the molecule is CCCCCC(O)c1ccsc1. The highest BCUT2D eigenvalue weighted by Gasteiger charge is 2.05. The average Bonchev–Trinajstić information content (AvgIpc) is 2.56. The lowest BCUT2D eigenvalue weighted by atomic mass is 10.1. The van der Waals surface area contributed by atoms with Crippen LogP contribution in [0, 0.1) is 0 Å². The van der Waals surface area contributed by atoms with Crippen LogP contribution < -0.4 is 0 Å². The molecule has 0 fully saturated rings. The number of unbranched alkanes of at least 4 members (excludes halogenated alkanes) is 2. The van der Waals surface area contributed by atoms with Gasteiger partial charge in [0.2, 0.25) is 0 Å².